The van der Waals surface area contributed by atoms with Crippen molar-refractivity contribution in [3.8, 4) is 22.7 Å². The number of alkyl halides is 2. The summed E-state index contributed by atoms with van der Waals surface area (Å²) >= 11 is 0. The SMILES string of the molecule is Fc1cc(-c2nnc(C(F)F)o2)ccc1Cn1cc(-c2cccc(N3CCN(C4CCC4)CC3)c2)nn1. The lowest BCUT2D eigenvalue weighted by Gasteiger charge is -2.43. The molecule has 37 heavy (non-hydrogen) atoms. The van der Waals surface area contributed by atoms with Gasteiger partial charge in [-0.25, -0.2) is 9.07 Å². The largest absolute Gasteiger partial charge is 0.415 e. The maximum atomic E-state index is 14.8. The first-order valence-corrected chi connectivity index (χ1v) is 12.4. The second-order valence-electron chi connectivity index (χ2n) is 9.51. The number of piperazine rings is 1. The standard InChI is InChI=1S/C26H26F3N7O/c27-22-14-18(25-31-32-26(37-25)24(28)29)7-8-19(22)15-36-16-23(30-33-36)17-3-1-6-21(13-17)35-11-9-34(10-12-35)20-4-2-5-20/h1,3,6-8,13-14,16,20,24H,2,4-5,9-12,15H2. The van der Waals surface area contributed by atoms with Crippen LogP contribution < -0.4 is 4.90 Å². The van der Waals surface area contributed by atoms with Crippen molar-refractivity contribution in [3.63, 3.8) is 0 Å². The third-order valence-electron chi connectivity index (χ3n) is 7.21. The van der Waals surface area contributed by atoms with Crippen molar-refractivity contribution in [2.75, 3.05) is 31.1 Å². The summed E-state index contributed by atoms with van der Waals surface area (Å²) < 4.78 is 46.6. The Kier molecular flexibility index (Phi) is 6.37. The highest BCUT2D eigenvalue weighted by Gasteiger charge is 2.28. The summed E-state index contributed by atoms with van der Waals surface area (Å²) in [5.74, 6) is -1.49. The van der Waals surface area contributed by atoms with Crippen LogP contribution in [0.25, 0.3) is 22.7 Å². The summed E-state index contributed by atoms with van der Waals surface area (Å²) in [7, 11) is 0. The molecule has 8 nitrogen and oxygen atoms in total. The van der Waals surface area contributed by atoms with Crippen LogP contribution >= 0.6 is 0 Å². The van der Waals surface area contributed by atoms with E-state index in [1.165, 1.54) is 25.3 Å². The molecule has 1 saturated carbocycles. The van der Waals surface area contributed by atoms with E-state index in [1.807, 2.05) is 12.1 Å². The van der Waals surface area contributed by atoms with Gasteiger partial charge in [0.25, 0.3) is 5.89 Å². The Morgan fingerprint density at radius 2 is 1.78 bits per heavy atom. The number of rotatable bonds is 7. The molecule has 0 atom stereocenters. The third-order valence-corrected chi connectivity index (χ3v) is 7.21. The molecule has 0 N–H and O–H groups in total. The molecular weight excluding hydrogens is 483 g/mol. The van der Waals surface area contributed by atoms with Crippen LogP contribution in [-0.4, -0.2) is 62.3 Å². The average molecular weight is 510 g/mol. The smallest absolute Gasteiger partial charge is 0.314 e. The molecular formula is C26H26F3N7O. The fourth-order valence-corrected chi connectivity index (χ4v) is 4.89. The van der Waals surface area contributed by atoms with Crippen LogP contribution in [0.1, 0.15) is 37.1 Å². The second kappa shape index (κ2) is 9.97. The quantitative estimate of drug-likeness (QED) is 0.354. The van der Waals surface area contributed by atoms with Crippen molar-refractivity contribution in [1.82, 2.24) is 30.1 Å². The van der Waals surface area contributed by atoms with Gasteiger partial charge in [0.1, 0.15) is 11.5 Å². The summed E-state index contributed by atoms with van der Waals surface area (Å²) in [6.07, 6.45) is 2.93. The van der Waals surface area contributed by atoms with Crippen molar-refractivity contribution in [2.45, 2.75) is 38.3 Å². The van der Waals surface area contributed by atoms with Crippen molar-refractivity contribution in [2.24, 2.45) is 0 Å². The molecule has 0 radical (unpaired) electrons. The number of hydrogen-bond acceptors (Lipinski definition) is 7. The Hall–Kier alpha value is -3.73. The van der Waals surface area contributed by atoms with Gasteiger partial charge in [0.2, 0.25) is 5.89 Å². The predicted molar refractivity (Wildman–Crippen MR) is 131 cm³/mol. The van der Waals surface area contributed by atoms with E-state index in [0.717, 1.165) is 43.5 Å². The molecule has 0 bridgehead atoms. The van der Waals surface area contributed by atoms with Gasteiger partial charge in [0.05, 0.1) is 12.7 Å². The van der Waals surface area contributed by atoms with Gasteiger partial charge in [-0.05, 0) is 37.1 Å². The van der Waals surface area contributed by atoms with Gasteiger partial charge >= 0.3 is 6.43 Å². The zero-order valence-corrected chi connectivity index (χ0v) is 20.1. The highest BCUT2D eigenvalue weighted by atomic mass is 19.3. The van der Waals surface area contributed by atoms with Crippen LogP contribution in [0.3, 0.4) is 0 Å². The lowest BCUT2D eigenvalue weighted by Crippen LogP contribution is -2.52. The van der Waals surface area contributed by atoms with Crippen LogP contribution in [0.15, 0.2) is 53.1 Å². The van der Waals surface area contributed by atoms with Crippen LogP contribution in [0.2, 0.25) is 0 Å². The van der Waals surface area contributed by atoms with Gasteiger partial charge in [-0.1, -0.05) is 29.8 Å². The number of hydrogen-bond donors (Lipinski definition) is 0. The van der Waals surface area contributed by atoms with Crippen LogP contribution in [0.5, 0.6) is 0 Å². The molecule has 11 heteroatoms. The minimum Gasteiger partial charge on any atom is -0.415 e. The zero-order chi connectivity index (χ0) is 25.4. The van der Waals surface area contributed by atoms with Crippen molar-refractivity contribution in [1.29, 1.82) is 0 Å². The van der Waals surface area contributed by atoms with E-state index < -0.39 is 18.1 Å². The van der Waals surface area contributed by atoms with Crippen molar-refractivity contribution in [3.05, 3.63) is 65.9 Å². The molecule has 2 fully saturated rings. The molecule has 2 aromatic heterocycles. The van der Waals surface area contributed by atoms with E-state index in [1.54, 1.807) is 23.0 Å². The molecule has 0 spiro atoms. The van der Waals surface area contributed by atoms with E-state index in [9.17, 15) is 13.2 Å². The zero-order valence-electron chi connectivity index (χ0n) is 20.1. The first kappa shape index (κ1) is 23.7. The normalized spacial score (nSPS) is 16.9. The molecule has 6 rings (SSSR count). The Balaban J connectivity index is 1.13. The first-order valence-electron chi connectivity index (χ1n) is 12.4. The Bertz CT molecular complexity index is 1380. The second-order valence-corrected chi connectivity index (χ2v) is 9.51. The van der Waals surface area contributed by atoms with E-state index in [0.29, 0.717) is 11.3 Å². The third kappa shape index (κ3) is 4.95. The molecule has 2 aliphatic rings. The Morgan fingerprint density at radius 3 is 2.49 bits per heavy atom. The maximum Gasteiger partial charge on any atom is 0.314 e. The van der Waals surface area contributed by atoms with Crippen molar-refractivity contribution >= 4 is 5.69 Å². The van der Waals surface area contributed by atoms with Gasteiger partial charge < -0.3 is 9.32 Å². The highest BCUT2D eigenvalue weighted by Crippen LogP contribution is 2.29. The number of nitrogens with zero attached hydrogens (tertiary/aromatic N) is 7. The van der Waals surface area contributed by atoms with Gasteiger partial charge in [-0.3, -0.25) is 4.90 Å². The van der Waals surface area contributed by atoms with Gasteiger partial charge in [0.15, 0.2) is 0 Å². The topological polar surface area (TPSA) is 76.1 Å². The van der Waals surface area contributed by atoms with E-state index in [2.05, 4.69) is 42.4 Å². The monoisotopic (exact) mass is 509 g/mol. The number of aromatic nitrogens is 5. The number of halogens is 3. The van der Waals surface area contributed by atoms with Crippen LogP contribution in [-0.2, 0) is 6.54 Å². The minimum atomic E-state index is -2.88. The molecule has 1 aliphatic heterocycles. The molecule has 4 aromatic rings. The average Bonchev–Trinajstić information content (AvgIpc) is 3.55. The number of anilines is 1. The maximum absolute atomic E-state index is 14.8. The lowest BCUT2D eigenvalue weighted by atomic mass is 9.91. The molecule has 2 aromatic carbocycles. The van der Waals surface area contributed by atoms with Gasteiger partial charge in [-0.15, -0.1) is 15.3 Å². The van der Waals surface area contributed by atoms with Gasteiger partial charge in [0, 0.05) is 54.6 Å². The lowest BCUT2D eigenvalue weighted by molar-refractivity contribution is 0.116. The Morgan fingerprint density at radius 1 is 0.946 bits per heavy atom. The van der Waals surface area contributed by atoms with Crippen LogP contribution in [0, 0.1) is 5.82 Å². The van der Waals surface area contributed by atoms with Crippen molar-refractivity contribution < 1.29 is 17.6 Å². The molecule has 3 heterocycles. The first-order chi connectivity index (χ1) is 18.0. The Labute approximate surface area is 211 Å². The van der Waals surface area contributed by atoms with E-state index in [4.69, 9.17) is 4.42 Å². The summed E-state index contributed by atoms with van der Waals surface area (Å²) in [6.45, 7) is 4.36. The highest BCUT2D eigenvalue weighted by molar-refractivity contribution is 5.65. The summed E-state index contributed by atoms with van der Waals surface area (Å²) in [5.41, 5.74) is 3.42. The summed E-state index contributed by atoms with van der Waals surface area (Å²) in [4.78, 5) is 5.03. The van der Waals surface area contributed by atoms with E-state index >= 15 is 0 Å². The predicted octanol–water partition coefficient (Wildman–Crippen LogP) is 4.79. The van der Waals surface area contributed by atoms with Gasteiger partial charge in [-0.2, -0.15) is 8.78 Å². The molecule has 192 valence electrons. The summed E-state index contributed by atoms with van der Waals surface area (Å²) in [6, 6.07) is 13.3. The fraction of sp³-hybridized carbons (Fsp3) is 0.385. The summed E-state index contributed by atoms with van der Waals surface area (Å²) in [5, 5.41) is 15.3. The molecule has 0 unspecified atom stereocenters. The molecule has 0 amide bonds. The molecule has 1 aliphatic carbocycles. The van der Waals surface area contributed by atoms with Crippen LogP contribution in [0.4, 0.5) is 18.9 Å². The molecule has 1 saturated heterocycles. The minimum absolute atomic E-state index is 0.159. The van der Waals surface area contributed by atoms with E-state index in [-0.39, 0.29) is 18.0 Å². The fourth-order valence-electron chi connectivity index (χ4n) is 4.89. The number of benzene rings is 2.